The fourth-order valence-electron chi connectivity index (χ4n) is 3.89. The zero-order valence-corrected chi connectivity index (χ0v) is 16.4. The van der Waals surface area contributed by atoms with Crippen molar-refractivity contribution >= 4 is 22.5 Å². The van der Waals surface area contributed by atoms with Gasteiger partial charge < -0.3 is 19.5 Å². The van der Waals surface area contributed by atoms with Gasteiger partial charge in [-0.1, -0.05) is 6.42 Å². The van der Waals surface area contributed by atoms with Crippen LogP contribution in [0.5, 0.6) is 0 Å². The number of urea groups is 1. The number of nitrogens with zero attached hydrogens (tertiary/aromatic N) is 4. The number of hydrogen-bond acceptors (Lipinski definition) is 6. The molecule has 0 spiro atoms. The second-order valence-corrected chi connectivity index (χ2v) is 7.98. The number of likely N-dealkylation sites (tertiary alicyclic amines) is 1. The van der Waals surface area contributed by atoms with Crippen LogP contribution in [-0.4, -0.2) is 66.6 Å². The van der Waals surface area contributed by atoms with Crippen LogP contribution in [0.3, 0.4) is 0 Å². The average molecular weight is 390 g/mol. The van der Waals surface area contributed by atoms with Crippen molar-refractivity contribution in [2.75, 3.05) is 50.7 Å². The largest absolute Gasteiger partial charge is 0.468 e. The fourth-order valence-corrected chi connectivity index (χ4v) is 4.59. The Balaban J connectivity index is 1.30. The van der Waals surface area contributed by atoms with E-state index in [4.69, 9.17) is 4.42 Å². The molecular weight excluding hydrogens is 362 g/mol. The van der Waals surface area contributed by atoms with E-state index in [2.05, 4.69) is 20.1 Å². The van der Waals surface area contributed by atoms with Crippen molar-refractivity contribution < 1.29 is 9.21 Å². The molecule has 146 valence electrons. The molecule has 2 amide bonds. The van der Waals surface area contributed by atoms with Crippen LogP contribution in [0.4, 0.5) is 9.93 Å². The molecule has 2 aliphatic rings. The molecule has 4 heterocycles. The summed E-state index contributed by atoms with van der Waals surface area (Å²) in [7, 11) is 0. The molecule has 7 nitrogen and oxygen atoms in total. The first-order valence-electron chi connectivity index (χ1n) is 9.76. The number of nitrogens with one attached hydrogen (secondary N) is 1. The molecule has 2 aromatic rings. The standard InChI is InChI=1S/C19H27N5O2S/c25-18(23-9-11-24(12-10-23)19-20-6-14-27-19)21-15-16(17-5-4-13-26-17)22-7-2-1-3-8-22/h4-6,13-14,16H,1-3,7-12,15H2,(H,21,25). The Morgan fingerprint density at radius 3 is 2.67 bits per heavy atom. The van der Waals surface area contributed by atoms with E-state index in [9.17, 15) is 4.79 Å². The molecule has 8 heteroatoms. The van der Waals surface area contributed by atoms with Crippen LogP contribution >= 0.6 is 11.3 Å². The Bertz CT molecular complexity index is 692. The monoisotopic (exact) mass is 389 g/mol. The number of anilines is 1. The maximum Gasteiger partial charge on any atom is 0.317 e. The maximum atomic E-state index is 12.7. The van der Waals surface area contributed by atoms with Gasteiger partial charge in [-0.25, -0.2) is 9.78 Å². The van der Waals surface area contributed by atoms with Gasteiger partial charge in [-0.05, 0) is 38.1 Å². The molecule has 0 aromatic carbocycles. The van der Waals surface area contributed by atoms with Crippen molar-refractivity contribution in [2.24, 2.45) is 0 Å². The number of rotatable bonds is 5. The second-order valence-electron chi connectivity index (χ2n) is 7.10. The molecule has 2 saturated heterocycles. The van der Waals surface area contributed by atoms with Gasteiger partial charge in [0.15, 0.2) is 5.13 Å². The lowest BCUT2D eigenvalue weighted by atomic mass is 10.1. The summed E-state index contributed by atoms with van der Waals surface area (Å²) in [6, 6.07) is 4.06. The third-order valence-corrected chi connectivity index (χ3v) is 6.24. The highest BCUT2D eigenvalue weighted by Gasteiger charge is 2.27. The SMILES string of the molecule is O=C(NCC(c1ccco1)N1CCCCC1)N1CCN(c2nccs2)CC1. The van der Waals surface area contributed by atoms with Gasteiger partial charge >= 0.3 is 6.03 Å². The zero-order chi connectivity index (χ0) is 18.5. The van der Waals surface area contributed by atoms with E-state index in [0.717, 1.165) is 50.2 Å². The van der Waals surface area contributed by atoms with Crippen molar-refractivity contribution in [1.82, 2.24) is 20.1 Å². The predicted octanol–water partition coefficient (Wildman–Crippen LogP) is 2.79. The molecule has 0 radical (unpaired) electrons. The van der Waals surface area contributed by atoms with Crippen LogP contribution in [0.15, 0.2) is 34.4 Å². The fraction of sp³-hybridized carbons (Fsp3) is 0.579. The minimum Gasteiger partial charge on any atom is -0.468 e. The summed E-state index contributed by atoms with van der Waals surface area (Å²) < 4.78 is 5.66. The third-order valence-electron chi connectivity index (χ3n) is 5.41. The molecule has 2 fully saturated rings. The highest BCUT2D eigenvalue weighted by Crippen LogP contribution is 2.24. The Morgan fingerprint density at radius 2 is 2.00 bits per heavy atom. The van der Waals surface area contributed by atoms with Crippen LogP contribution < -0.4 is 10.2 Å². The van der Waals surface area contributed by atoms with E-state index in [0.29, 0.717) is 6.54 Å². The van der Waals surface area contributed by atoms with Crippen LogP contribution in [0.1, 0.15) is 31.1 Å². The summed E-state index contributed by atoms with van der Waals surface area (Å²) in [6.07, 6.45) is 7.26. The van der Waals surface area contributed by atoms with Gasteiger partial charge in [-0.2, -0.15) is 0 Å². The lowest BCUT2D eigenvalue weighted by Gasteiger charge is -2.36. The van der Waals surface area contributed by atoms with Gasteiger partial charge in [0.25, 0.3) is 0 Å². The summed E-state index contributed by atoms with van der Waals surface area (Å²) in [4.78, 5) is 23.6. The number of piperidine rings is 1. The highest BCUT2D eigenvalue weighted by molar-refractivity contribution is 7.13. The van der Waals surface area contributed by atoms with E-state index in [-0.39, 0.29) is 12.1 Å². The van der Waals surface area contributed by atoms with Crippen LogP contribution in [-0.2, 0) is 0 Å². The molecule has 0 bridgehead atoms. The topological polar surface area (TPSA) is 64.9 Å². The lowest BCUT2D eigenvalue weighted by Crippen LogP contribution is -2.53. The van der Waals surface area contributed by atoms with Crippen LogP contribution in [0.2, 0.25) is 0 Å². The Labute approximate surface area is 164 Å². The first-order chi connectivity index (χ1) is 13.3. The third kappa shape index (κ3) is 4.44. The van der Waals surface area contributed by atoms with Gasteiger partial charge in [0.05, 0.1) is 12.3 Å². The number of furan rings is 1. The maximum absolute atomic E-state index is 12.7. The van der Waals surface area contributed by atoms with Crippen LogP contribution in [0, 0.1) is 0 Å². The number of amides is 2. The van der Waals surface area contributed by atoms with Gasteiger partial charge in [0.2, 0.25) is 0 Å². The molecule has 0 saturated carbocycles. The molecule has 4 rings (SSSR count). The first-order valence-corrected chi connectivity index (χ1v) is 10.6. The van der Waals surface area contributed by atoms with Crippen molar-refractivity contribution in [3.8, 4) is 0 Å². The molecule has 0 aliphatic carbocycles. The van der Waals surface area contributed by atoms with Gasteiger partial charge in [0, 0.05) is 44.3 Å². The number of aromatic nitrogens is 1. The number of carbonyl (C=O) groups excluding carboxylic acids is 1. The summed E-state index contributed by atoms with van der Waals surface area (Å²) in [6.45, 7) is 5.81. The summed E-state index contributed by atoms with van der Waals surface area (Å²) in [5, 5.41) is 6.17. The van der Waals surface area contributed by atoms with Gasteiger partial charge in [-0.15, -0.1) is 11.3 Å². The molecule has 1 atom stereocenters. The van der Waals surface area contributed by atoms with Crippen molar-refractivity contribution in [2.45, 2.75) is 25.3 Å². The molecule has 1 unspecified atom stereocenters. The normalized spacial score (nSPS) is 19.9. The Hall–Kier alpha value is -2.06. The van der Waals surface area contributed by atoms with Crippen molar-refractivity contribution in [1.29, 1.82) is 0 Å². The second kappa shape index (κ2) is 8.75. The smallest absolute Gasteiger partial charge is 0.317 e. The van der Waals surface area contributed by atoms with E-state index in [1.807, 2.05) is 28.6 Å². The quantitative estimate of drug-likeness (QED) is 0.852. The van der Waals surface area contributed by atoms with Crippen molar-refractivity contribution in [3.05, 3.63) is 35.7 Å². The summed E-state index contributed by atoms with van der Waals surface area (Å²) >= 11 is 1.65. The lowest BCUT2D eigenvalue weighted by molar-refractivity contribution is 0.139. The minimum absolute atomic E-state index is 0.0161. The average Bonchev–Trinajstić information content (AvgIpc) is 3.43. The van der Waals surface area contributed by atoms with E-state index in [1.54, 1.807) is 17.6 Å². The number of carbonyl (C=O) groups is 1. The predicted molar refractivity (Wildman–Crippen MR) is 106 cm³/mol. The van der Waals surface area contributed by atoms with Gasteiger partial charge in [-0.3, -0.25) is 4.90 Å². The molecule has 2 aliphatic heterocycles. The Kier molecular flexibility index (Phi) is 5.94. The summed E-state index contributed by atoms with van der Waals surface area (Å²) in [5.41, 5.74) is 0. The molecular formula is C19H27N5O2S. The Morgan fingerprint density at radius 1 is 1.19 bits per heavy atom. The highest BCUT2D eigenvalue weighted by atomic mass is 32.1. The number of piperazine rings is 1. The van der Waals surface area contributed by atoms with Gasteiger partial charge in [0.1, 0.15) is 5.76 Å². The minimum atomic E-state index is 0.0161. The van der Waals surface area contributed by atoms with E-state index < -0.39 is 0 Å². The van der Waals surface area contributed by atoms with E-state index >= 15 is 0 Å². The number of thiazole rings is 1. The zero-order valence-electron chi connectivity index (χ0n) is 15.5. The summed E-state index contributed by atoms with van der Waals surface area (Å²) in [5.74, 6) is 0.936. The first kappa shape index (κ1) is 18.3. The van der Waals surface area contributed by atoms with Crippen molar-refractivity contribution in [3.63, 3.8) is 0 Å². The van der Waals surface area contributed by atoms with E-state index in [1.165, 1.54) is 19.3 Å². The molecule has 2 aromatic heterocycles. The number of hydrogen-bond donors (Lipinski definition) is 1. The molecule has 1 N–H and O–H groups in total. The molecule has 27 heavy (non-hydrogen) atoms. The van der Waals surface area contributed by atoms with Crippen LogP contribution in [0.25, 0.3) is 0 Å².